The molecule has 21 heavy (non-hydrogen) atoms. The molecule has 3 N–H and O–H groups in total. The van der Waals surface area contributed by atoms with E-state index in [9.17, 15) is 8.42 Å². The Kier molecular flexibility index (Phi) is 5.24. The summed E-state index contributed by atoms with van der Waals surface area (Å²) < 4.78 is 27.0. The zero-order valence-electron chi connectivity index (χ0n) is 12.8. The number of piperidine rings is 1. The van der Waals surface area contributed by atoms with Crippen molar-refractivity contribution in [1.29, 1.82) is 0 Å². The summed E-state index contributed by atoms with van der Waals surface area (Å²) in [6, 6.07) is 7.07. The Morgan fingerprint density at radius 2 is 2.10 bits per heavy atom. The smallest absolute Gasteiger partial charge is 0.242 e. The van der Waals surface area contributed by atoms with Crippen molar-refractivity contribution in [3.8, 4) is 0 Å². The standard InChI is InChI=1S/C15H25N3O2S/c1-3-18-21(19,20)14-8-5-4-7-13(14)17-12-15(2)9-6-10-16-11-15/h4-5,7-8,16-18H,3,6,9-12H2,1-2H3. The van der Waals surface area contributed by atoms with Crippen LogP contribution < -0.4 is 15.4 Å². The van der Waals surface area contributed by atoms with E-state index >= 15 is 0 Å². The summed E-state index contributed by atoms with van der Waals surface area (Å²) in [6.45, 7) is 7.19. The molecule has 0 radical (unpaired) electrons. The van der Waals surface area contributed by atoms with Crippen LogP contribution in [0.5, 0.6) is 0 Å². The second-order valence-corrected chi connectivity index (χ2v) is 7.68. The van der Waals surface area contributed by atoms with Gasteiger partial charge in [0.15, 0.2) is 0 Å². The van der Waals surface area contributed by atoms with Crippen molar-refractivity contribution in [3.63, 3.8) is 0 Å². The van der Waals surface area contributed by atoms with Crippen molar-refractivity contribution in [3.05, 3.63) is 24.3 Å². The third-order valence-electron chi connectivity index (χ3n) is 3.90. The largest absolute Gasteiger partial charge is 0.383 e. The predicted octanol–water partition coefficient (Wildman–Crippen LogP) is 1.79. The van der Waals surface area contributed by atoms with Gasteiger partial charge in [0.25, 0.3) is 0 Å². The number of benzene rings is 1. The minimum Gasteiger partial charge on any atom is -0.383 e. The lowest BCUT2D eigenvalue weighted by Gasteiger charge is -2.34. The van der Waals surface area contributed by atoms with Crippen LogP contribution in [0.2, 0.25) is 0 Å². The molecule has 2 rings (SSSR count). The maximum atomic E-state index is 12.2. The lowest BCUT2D eigenvalue weighted by atomic mass is 9.83. The molecule has 1 aliphatic rings. The van der Waals surface area contributed by atoms with Crippen LogP contribution in [0, 0.1) is 5.41 Å². The van der Waals surface area contributed by atoms with Gasteiger partial charge in [0.1, 0.15) is 4.90 Å². The van der Waals surface area contributed by atoms with E-state index in [1.165, 1.54) is 0 Å². The summed E-state index contributed by atoms with van der Waals surface area (Å²) in [4.78, 5) is 0.319. The van der Waals surface area contributed by atoms with E-state index in [2.05, 4.69) is 22.3 Å². The molecule has 0 bridgehead atoms. The molecule has 0 aromatic heterocycles. The van der Waals surface area contributed by atoms with Crippen LogP contribution in [0.3, 0.4) is 0 Å². The van der Waals surface area contributed by atoms with Crippen molar-refractivity contribution >= 4 is 15.7 Å². The zero-order valence-corrected chi connectivity index (χ0v) is 13.6. The molecule has 0 aliphatic carbocycles. The highest BCUT2D eigenvalue weighted by Crippen LogP contribution is 2.27. The molecule has 5 nitrogen and oxygen atoms in total. The molecule has 1 fully saturated rings. The second-order valence-electron chi connectivity index (χ2n) is 5.94. The van der Waals surface area contributed by atoms with E-state index in [0.717, 1.165) is 32.5 Å². The van der Waals surface area contributed by atoms with Crippen LogP contribution in [0.15, 0.2) is 29.2 Å². The van der Waals surface area contributed by atoms with Gasteiger partial charge in [-0.3, -0.25) is 0 Å². The topological polar surface area (TPSA) is 70.2 Å². The maximum Gasteiger partial charge on any atom is 0.242 e. The van der Waals surface area contributed by atoms with E-state index in [-0.39, 0.29) is 5.41 Å². The van der Waals surface area contributed by atoms with Gasteiger partial charge in [-0.05, 0) is 36.9 Å². The van der Waals surface area contributed by atoms with Crippen LogP contribution in [-0.4, -0.2) is 34.6 Å². The quantitative estimate of drug-likeness (QED) is 0.749. The van der Waals surface area contributed by atoms with E-state index in [1.54, 1.807) is 19.1 Å². The van der Waals surface area contributed by atoms with Crippen molar-refractivity contribution in [2.75, 3.05) is 31.5 Å². The minimum absolute atomic E-state index is 0.160. The van der Waals surface area contributed by atoms with Crippen LogP contribution in [0.4, 0.5) is 5.69 Å². The molecular weight excluding hydrogens is 286 g/mol. The van der Waals surface area contributed by atoms with Crippen LogP contribution in [0.25, 0.3) is 0 Å². The Balaban J connectivity index is 2.13. The fourth-order valence-electron chi connectivity index (χ4n) is 2.69. The van der Waals surface area contributed by atoms with Crippen LogP contribution >= 0.6 is 0 Å². The van der Waals surface area contributed by atoms with Gasteiger partial charge in [0, 0.05) is 19.6 Å². The molecular formula is C15H25N3O2S. The molecule has 6 heteroatoms. The number of hydrogen-bond acceptors (Lipinski definition) is 4. The summed E-state index contributed by atoms with van der Waals surface area (Å²) in [5.41, 5.74) is 0.832. The van der Waals surface area contributed by atoms with Gasteiger partial charge in [0.05, 0.1) is 5.69 Å². The molecule has 1 saturated heterocycles. The second kappa shape index (κ2) is 6.77. The monoisotopic (exact) mass is 311 g/mol. The number of hydrogen-bond donors (Lipinski definition) is 3. The molecule has 1 aliphatic heterocycles. The number of sulfonamides is 1. The summed E-state index contributed by atoms with van der Waals surface area (Å²) in [5.74, 6) is 0. The molecule has 1 heterocycles. The third-order valence-corrected chi connectivity index (χ3v) is 5.51. The lowest BCUT2D eigenvalue weighted by molar-refractivity contribution is 0.253. The Labute approximate surface area is 127 Å². The van der Waals surface area contributed by atoms with Gasteiger partial charge in [0.2, 0.25) is 10.0 Å². The number of nitrogens with one attached hydrogen (secondary N) is 3. The Hall–Kier alpha value is -1.11. The minimum atomic E-state index is -3.44. The summed E-state index contributed by atoms with van der Waals surface area (Å²) >= 11 is 0. The number of para-hydroxylation sites is 1. The van der Waals surface area contributed by atoms with Gasteiger partial charge in [-0.2, -0.15) is 0 Å². The van der Waals surface area contributed by atoms with Crippen molar-refractivity contribution in [2.24, 2.45) is 5.41 Å². The van der Waals surface area contributed by atoms with Gasteiger partial charge >= 0.3 is 0 Å². The van der Waals surface area contributed by atoms with E-state index in [4.69, 9.17) is 0 Å². The van der Waals surface area contributed by atoms with E-state index in [1.807, 2.05) is 12.1 Å². The fourth-order valence-corrected chi connectivity index (χ4v) is 3.92. The van der Waals surface area contributed by atoms with Gasteiger partial charge in [-0.25, -0.2) is 13.1 Å². The SMILES string of the molecule is CCNS(=O)(=O)c1ccccc1NCC1(C)CCCNC1. The fraction of sp³-hybridized carbons (Fsp3) is 0.600. The highest BCUT2D eigenvalue weighted by atomic mass is 32.2. The average Bonchev–Trinajstić information content (AvgIpc) is 2.46. The first kappa shape index (κ1) is 16.3. The maximum absolute atomic E-state index is 12.2. The molecule has 0 amide bonds. The lowest BCUT2D eigenvalue weighted by Crippen LogP contribution is -2.42. The molecule has 118 valence electrons. The van der Waals surface area contributed by atoms with E-state index < -0.39 is 10.0 Å². The predicted molar refractivity (Wildman–Crippen MR) is 86.0 cm³/mol. The Morgan fingerprint density at radius 3 is 2.76 bits per heavy atom. The number of rotatable bonds is 6. The summed E-state index contributed by atoms with van der Waals surface area (Å²) in [6.07, 6.45) is 2.31. The number of anilines is 1. The van der Waals surface area contributed by atoms with Crippen molar-refractivity contribution in [2.45, 2.75) is 31.6 Å². The van der Waals surface area contributed by atoms with Gasteiger partial charge in [-0.1, -0.05) is 26.0 Å². The van der Waals surface area contributed by atoms with Crippen LogP contribution in [0.1, 0.15) is 26.7 Å². The highest BCUT2D eigenvalue weighted by Gasteiger charge is 2.27. The van der Waals surface area contributed by atoms with Gasteiger partial charge in [-0.15, -0.1) is 0 Å². The third kappa shape index (κ3) is 4.18. The van der Waals surface area contributed by atoms with Gasteiger partial charge < -0.3 is 10.6 Å². The Bertz CT molecular complexity index is 566. The first-order valence-corrected chi connectivity index (χ1v) is 8.98. The molecule has 1 atom stereocenters. The highest BCUT2D eigenvalue weighted by molar-refractivity contribution is 7.89. The molecule has 1 aromatic carbocycles. The zero-order chi connectivity index (χ0) is 15.3. The first-order chi connectivity index (χ1) is 9.97. The molecule has 0 saturated carbocycles. The van der Waals surface area contributed by atoms with Crippen molar-refractivity contribution < 1.29 is 8.42 Å². The first-order valence-electron chi connectivity index (χ1n) is 7.50. The van der Waals surface area contributed by atoms with Crippen LogP contribution in [-0.2, 0) is 10.0 Å². The summed E-state index contributed by atoms with van der Waals surface area (Å²) in [5, 5.41) is 6.74. The molecule has 1 aromatic rings. The molecule has 1 unspecified atom stereocenters. The molecule has 0 spiro atoms. The van der Waals surface area contributed by atoms with E-state index in [0.29, 0.717) is 17.1 Å². The summed E-state index contributed by atoms with van der Waals surface area (Å²) in [7, 11) is -3.44. The van der Waals surface area contributed by atoms with Crippen molar-refractivity contribution in [1.82, 2.24) is 10.0 Å². The normalized spacial score (nSPS) is 23.0. The Morgan fingerprint density at radius 1 is 1.33 bits per heavy atom. The average molecular weight is 311 g/mol.